The first-order chi connectivity index (χ1) is 9.38. The van der Waals surface area contributed by atoms with Crippen molar-refractivity contribution in [2.24, 2.45) is 0 Å². The van der Waals surface area contributed by atoms with E-state index in [9.17, 15) is 4.79 Å². The fourth-order valence-electron chi connectivity index (χ4n) is 1.67. The Hall–Kier alpha value is -2.24. The summed E-state index contributed by atoms with van der Waals surface area (Å²) in [5, 5.41) is 9.59. The van der Waals surface area contributed by atoms with Crippen LogP contribution in [0.25, 0.3) is 0 Å². The summed E-state index contributed by atoms with van der Waals surface area (Å²) in [6.07, 6.45) is 1.70. The van der Waals surface area contributed by atoms with Gasteiger partial charge in [-0.2, -0.15) is 0 Å². The van der Waals surface area contributed by atoms with Gasteiger partial charge in [0.25, 0.3) is 5.91 Å². The van der Waals surface area contributed by atoms with E-state index in [1.807, 2.05) is 45.9 Å². The minimum Gasteiger partial charge on any atom is -0.341 e. The molecule has 2 N–H and O–H groups in total. The molecule has 0 aromatic carbocycles. The van der Waals surface area contributed by atoms with Crippen LogP contribution >= 0.6 is 0 Å². The number of rotatable bonds is 3. The van der Waals surface area contributed by atoms with Gasteiger partial charge in [0.2, 0.25) is 5.82 Å². The van der Waals surface area contributed by atoms with Gasteiger partial charge >= 0.3 is 0 Å². The topological polar surface area (TPSA) is 83.6 Å². The molecule has 0 aliphatic rings. The van der Waals surface area contributed by atoms with E-state index < -0.39 is 0 Å². The van der Waals surface area contributed by atoms with Crippen LogP contribution in [0.1, 0.15) is 55.9 Å². The van der Waals surface area contributed by atoms with Crippen LogP contribution in [0.4, 0.5) is 0 Å². The number of pyridine rings is 1. The zero-order chi connectivity index (χ0) is 14.8. The van der Waals surface area contributed by atoms with Gasteiger partial charge in [-0.25, -0.2) is 4.98 Å². The highest BCUT2D eigenvalue weighted by Crippen LogP contribution is 2.17. The van der Waals surface area contributed by atoms with Crippen molar-refractivity contribution < 1.29 is 4.79 Å². The highest BCUT2D eigenvalue weighted by atomic mass is 16.2. The van der Waals surface area contributed by atoms with E-state index in [1.54, 1.807) is 6.20 Å². The van der Waals surface area contributed by atoms with Gasteiger partial charge in [-0.15, -0.1) is 5.10 Å². The molecular weight excluding hydrogens is 254 g/mol. The van der Waals surface area contributed by atoms with Gasteiger partial charge in [0, 0.05) is 11.6 Å². The van der Waals surface area contributed by atoms with Crippen molar-refractivity contribution in [3.63, 3.8) is 0 Å². The molecular formula is C14H19N5O. The Labute approximate surface area is 118 Å². The number of aromatic nitrogens is 4. The molecule has 1 unspecified atom stereocenters. The molecule has 106 valence electrons. The molecule has 0 spiro atoms. The van der Waals surface area contributed by atoms with Crippen LogP contribution in [-0.2, 0) is 5.41 Å². The van der Waals surface area contributed by atoms with Crippen molar-refractivity contribution in [1.29, 1.82) is 0 Å². The summed E-state index contributed by atoms with van der Waals surface area (Å²) in [6, 6.07) is 5.39. The number of hydrogen-bond donors (Lipinski definition) is 2. The maximum absolute atomic E-state index is 12.1. The van der Waals surface area contributed by atoms with Crippen LogP contribution in [0.2, 0.25) is 0 Å². The molecule has 0 aliphatic heterocycles. The third-order valence-corrected chi connectivity index (χ3v) is 2.88. The molecule has 2 aromatic heterocycles. The Morgan fingerprint density at radius 1 is 1.35 bits per heavy atom. The van der Waals surface area contributed by atoms with Crippen molar-refractivity contribution in [3.05, 3.63) is 41.7 Å². The highest BCUT2D eigenvalue weighted by molar-refractivity contribution is 5.90. The summed E-state index contributed by atoms with van der Waals surface area (Å²) < 4.78 is 0. The van der Waals surface area contributed by atoms with Crippen LogP contribution in [-0.4, -0.2) is 26.1 Å². The molecule has 20 heavy (non-hydrogen) atoms. The van der Waals surface area contributed by atoms with Crippen LogP contribution in [0, 0.1) is 0 Å². The number of H-pyrrole nitrogens is 1. The zero-order valence-electron chi connectivity index (χ0n) is 12.1. The van der Waals surface area contributed by atoms with Gasteiger partial charge in [0.05, 0.1) is 11.7 Å². The van der Waals surface area contributed by atoms with Gasteiger partial charge in [0.1, 0.15) is 5.82 Å². The lowest BCUT2D eigenvalue weighted by Gasteiger charge is -2.13. The second-order valence-electron chi connectivity index (χ2n) is 5.71. The molecule has 1 amide bonds. The van der Waals surface area contributed by atoms with Gasteiger partial charge < -0.3 is 5.32 Å². The maximum atomic E-state index is 12.1. The minimum atomic E-state index is -0.310. The smallest absolute Gasteiger partial charge is 0.291 e. The lowest BCUT2D eigenvalue weighted by atomic mass is 9.96. The Kier molecular flexibility index (Phi) is 3.83. The Morgan fingerprint density at radius 2 is 2.10 bits per heavy atom. The fraction of sp³-hybridized carbons (Fsp3) is 0.429. The second kappa shape index (κ2) is 5.40. The van der Waals surface area contributed by atoms with Crippen LogP contribution in [0.3, 0.4) is 0 Å². The molecule has 0 aliphatic carbocycles. The van der Waals surface area contributed by atoms with E-state index in [1.165, 1.54) is 0 Å². The number of nitrogens with one attached hydrogen (secondary N) is 2. The van der Waals surface area contributed by atoms with E-state index in [4.69, 9.17) is 0 Å². The average molecular weight is 273 g/mol. The molecule has 2 heterocycles. The summed E-state index contributed by atoms with van der Waals surface area (Å²) in [5.74, 6) is 0.528. The first kappa shape index (κ1) is 14.2. The van der Waals surface area contributed by atoms with E-state index in [0.717, 1.165) is 5.69 Å². The number of carbonyl (C=O) groups is 1. The summed E-state index contributed by atoms with van der Waals surface area (Å²) in [6.45, 7) is 7.89. The van der Waals surface area contributed by atoms with Gasteiger partial charge in [-0.05, 0) is 19.1 Å². The van der Waals surface area contributed by atoms with Crippen molar-refractivity contribution in [2.75, 3.05) is 0 Å². The number of carbonyl (C=O) groups excluding carboxylic acids is 1. The van der Waals surface area contributed by atoms with Gasteiger partial charge in [-0.3, -0.25) is 14.9 Å². The quantitative estimate of drug-likeness (QED) is 0.895. The molecule has 0 bridgehead atoms. The van der Waals surface area contributed by atoms with E-state index in [2.05, 4.69) is 25.5 Å². The molecule has 6 heteroatoms. The number of nitrogens with zero attached hydrogens (tertiary/aromatic N) is 3. The van der Waals surface area contributed by atoms with E-state index >= 15 is 0 Å². The molecule has 2 aromatic rings. The van der Waals surface area contributed by atoms with Crippen molar-refractivity contribution in [3.8, 4) is 0 Å². The lowest BCUT2D eigenvalue weighted by molar-refractivity contribution is 0.0929. The monoisotopic (exact) mass is 273 g/mol. The van der Waals surface area contributed by atoms with E-state index in [0.29, 0.717) is 5.82 Å². The predicted molar refractivity (Wildman–Crippen MR) is 75.2 cm³/mol. The predicted octanol–water partition coefficient (Wildman–Crippen LogP) is 1.99. The molecule has 6 nitrogen and oxygen atoms in total. The Bertz CT molecular complexity index is 585. The second-order valence-corrected chi connectivity index (χ2v) is 5.71. The maximum Gasteiger partial charge on any atom is 0.291 e. The standard InChI is InChI=1S/C14H19N5O/c1-9(10-7-5-6-8-15-10)16-12(20)11-17-13(19-18-11)14(2,3)4/h5-9H,1-4H3,(H,16,20)(H,17,18,19). The molecule has 0 radical (unpaired) electrons. The molecule has 1 atom stereocenters. The van der Waals surface area contributed by atoms with Gasteiger partial charge in [-0.1, -0.05) is 26.8 Å². The highest BCUT2D eigenvalue weighted by Gasteiger charge is 2.22. The Balaban J connectivity index is 2.07. The third-order valence-electron chi connectivity index (χ3n) is 2.88. The number of hydrogen-bond acceptors (Lipinski definition) is 4. The first-order valence-corrected chi connectivity index (χ1v) is 6.52. The number of aromatic amines is 1. The summed E-state index contributed by atoms with van der Waals surface area (Å²) >= 11 is 0. The normalized spacial score (nSPS) is 13.0. The molecule has 2 rings (SSSR count). The molecule has 0 fully saturated rings. The van der Waals surface area contributed by atoms with E-state index in [-0.39, 0.29) is 23.2 Å². The van der Waals surface area contributed by atoms with Crippen LogP contribution < -0.4 is 5.32 Å². The molecule has 0 saturated heterocycles. The lowest BCUT2D eigenvalue weighted by Crippen LogP contribution is -2.28. The largest absolute Gasteiger partial charge is 0.341 e. The van der Waals surface area contributed by atoms with Crippen LogP contribution in [0.5, 0.6) is 0 Å². The van der Waals surface area contributed by atoms with Crippen LogP contribution in [0.15, 0.2) is 24.4 Å². The summed E-state index contributed by atoms with van der Waals surface area (Å²) in [7, 11) is 0. The number of amides is 1. The zero-order valence-corrected chi connectivity index (χ0v) is 12.1. The fourth-order valence-corrected chi connectivity index (χ4v) is 1.67. The SMILES string of the molecule is CC(NC(=O)c1n[nH]c(C(C)(C)C)n1)c1ccccn1. The van der Waals surface area contributed by atoms with Crippen molar-refractivity contribution >= 4 is 5.91 Å². The molecule has 0 saturated carbocycles. The van der Waals surface area contributed by atoms with Gasteiger partial charge in [0.15, 0.2) is 0 Å². The average Bonchev–Trinajstić information content (AvgIpc) is 2.89. The first-order valence-electron chi connectivity index (χ1n) is 6.52. The summed E-state index contributed by atoms with van der Waals surface area (Å²) in [4.78, 5) is 20.5. The minimum absolute atomic E-state index is 0.151. The Morgan fingerprint density at radius 3 is 2.65 bits per heavy atom. The third kappa shape index (κ3) is 3.20. The summed E-state index contributed by atoms with van der Waals surface area (Å²) in [5.41, 5.74) is 0.630. The van der Waals surface area contributed by atoms with Crippen molar-refractivity contribution in [2.45, 2.75) is 39.2 Å². The van der Waals surface area contributed by atoms with Crippen molar-refractivity contribution in [1.82, 2.24) is 25.5 Å².